The van der Waals surface area contributed by atoms with Crippen molar-refractivity contribution in [2.45, 2.75) is 32.3 Å². The van der Waals surface area contributed by atoms with Crippen LogP contribution in [-0.4, -0.2) is 40.5 Å². The van der Waals surface area contributed by atoms with E-state index in [4.69, 9.17) is 4.74 Å². The predicted molar refractivity (Wildman–Crippen MR) is 110 cm³/mol. The molecule has 0 radical (unpaired) electrons. The number of amides is 2. The van der Waals surface area contributed by atoms with Gasteiger partial charge in [-0.25, -0.2) is 4.98 Å². The molecule has 0 saturated carbocycles. The first-order chi connectivity index (χ1) is 14.2. The lowest BCUT2D eigenvalue weighted by molar-refractivity contribution is 0.0848. The standard InChI is InChI=1S/C22H24N4O3/c1-2-15-8-3-4-10-17(15)24-21(27)19-18-11-5-6-12-26(18)20(25-19)22(28)23-14-16-9-7-13-29-16/h3-6,8,10-12,16H,2,7,9,13-14H2,1H3,(H,23,28)(H,24,27). The van der Waals surface area contributed by atoms with Crippen molar-refractivity contribution in [2.24, 2.45) is 0 Å². The fourth-order valence-corrected chi connectivity index (χ4v) is 3.59. The minimum Gasteiger partial charge on any atom is -0.376 e. The molecule has 29 heavy (non-hydrogen) atoms. The number of benzene rings is 1. The van der Waals surface area contributed by atoms with Crippen LogP contribution in [-0.2, 0) is 11.2 Å². The fourth-order valence-electron chi connectivity index (χ4n) is 3.59. The largest absolute Gasteiger partial charge is 0.376 e. The second-order valence-electron chi connectivity index (χ2n) is 7.05. The maximum Gasteiger partial charge on any atom is 0.287 e. The zero-order valence-electron chi connectivity index (χ0n) is 16.4. The first kappa shape index (κ1) is 19.1. The Bertz CT molecular complexity index is 1040. The summed E-state index contributed by atoms with van der Waals surface area (Å²) in [6.07, 6.45) is 4.53. The van der Waals surface area contributed by atoms with Crippen LogP contribution in [0.3, 0.4) is 0 Å². The molecular weight excluding hydrogens is 368 g/mol. The van der Waals surface area contributed by atoms with Crippen LogP contribution >= 0.6 is 0 Å². The third-order valence-corrected chi connectivity index (χ3v) is 5.13. The van der Waals surface area contributed by atoms with Gasteiger partial charge in [-0.1, -0.05) is 31.2 Å². The molecule has 0 bridgehead atoms. The Hall–Kier alpha value is -3.19. The molecule has 3 heterocycles. The minimum atomic E-state index is -0.340. The number of fused-ring (bicyclic) bond motifs is 1. The van der Waals surface area contributed by atoms with Crippen molar-refractivity contribution < 1.29 is 14.3 Å². The molecular formula is C22H24N4O3. The maximum absolute atomic E-state index is 13.0. The van der Waals surface area contributed by atoms with Crippen molar-refractivity contribution >= 4 is 23.0 Å². The highest BCUT2D eigenvalue weighted by molar-refractivity contribution is 6.09. The number of carbonyl (C=O) groups is 2. The van der Waals surface area contributed by atoms with E-state index in [1.165, 1.54) is 0 Å². The van der Waals surface area contributed by atoms with E-state index in [-0.39, 0.29) is 29.4 Å². The Morgan fingerprint density at radius 1 is 1.17 bits per heavy atom. The topological polar surface area (TPSA) is 84.7 Å². The molecule has 1 fully saturated rings. The molecule has 7 heteroatoms. The number of nitrogens with one attached hydrogen (secondary N) is 2. The van der Waals surface area contributed by atoms with Crippen LogP contribution in [0.15, 0.2) is 48.7 Å². The number of imidazole rings is 1. The van der Waals surface area contributed by atoms with Gasteiger partial charge in [0.05, 0.1) is 11.6 Å². The van der Waals surface area contributed by atoms with Gasteiger partial charge < -0.3 is 15.4 Å². The molecule has 7 nitrogen and oxygen atoms in total. The number of aromatic nitrogens is 2. The number of rotatable bonds is 6. The van der Waals surface area contributed by atoms with Crippen LogP contribution < -0.4 is 10.6 Å². The van der Waals surface area contributed by atoms with Crippen molar-refractivity contribution in [1.29, 1.82) is 0 Å². The van der Waals surface area contributed by atoms with Gasteiger partial charge in [0.15, 0.2) is 5.69 Å². The van der Waals surface area contributed by atoms with E-state index in [1.54, 1.807) is 22.7 Å². The zero-order chi connectivity index (χ0) is 20.2. The van der Waals surface area contributed by atoms with Gasteiger partial charge in [-0.2, -0.15) is 0 Å². The Morgan fingerprint density at radius 2 is 2.00 bits per heavy atom. The second kappa shape index (κ2) is 8.45. The maximum atomic E-state index is 13.0. The summed E-state index contributed by atoms with van der Waals surface area (Å²) in [4.78, 5) is 30.1. The van der Waals surface area contributed by atoms with E-state index in [1.807, 2.05) is 37.3 Å². The predicted octanol–water partition coefficient (Wildman–Crippen LogP) is 3.06. The number of para-hydroxylation sites is 1. The Labute approximate surface area is 169 Å². The average Bonchev–Trinajstić information content (AvgIpc) is 3.40. The molecule has 1 unspecified atom stereocenters. The quantitative estimate of drug-likeness (QED) is 0.675. The van der Waals surface area contributed by atoms with E-state index in [0.717, 1.165) is 37.1 Å². The normalized spacial score (nSPS) is 16.1. The zero-order valence-corrected chi connectivity index (χ0v) is 16.4. The van der Waals surface area contributed by atoms with Crippen molar-refractivity contribution in [3.05, 3.63) is 65.7 Å². The molecule has 4 rings (SSSR count). The van der Waals surface area contributed by atoms with Gasteiger partial charge in [0.1, 0.15) is 0 Å². The van der Waals surface area contributed by atoms with Gasteiger partial charge in [0, 0.05) is 25.0 Å². The molecule has 0 spiro atoms. The number of carbonyl (C=O) groups excluding carboxylic acids is 2. The number of nitrogens with zero attached hydrogens (tertiary/aromatic N) is 2. The summed E-state index contributed by atoms with van der Waals surface area (Å²) in [5.41, 5.74) is 2.60. The Kier molecular flexibility index (Phi) is 5.57. The van der Waals surface area contributed by atoms with Gasteiger partial charge in [-0.15, -0.1) is 0 Å². The van der Waals surface area contributed by atoms with Crippen LogP contribution in [0.5, 0.6) is 0 Å². The molecule has 1 aliphatic rings. The van der Waals surface area contributed by atoms with E-state index in [9.17, 15) is 9.59 Å². The first-order valence-corrected chi connectivity index (χ1v) is 9.93. The highest BCUT2D eigenvalue weighted by Gasteiger charge is 2.23. The molecule has 0 aliphatic carbocycles. The molecule has 2 amide bonds. The molecule has 3 aromatic rings. The summed E-state index contributed by atoms with van der Waals surface area (Å²) in [6, 6.07) is 13.1. The number of hydrogen-bond donors (Lipinski definition) is 2. The highest BCUT2D eigenvalue weighted by Crippen LogP contribution is 2.19. The van der Waals surface area contributed by atoms with Crippen LogP contribution in [0.1, 0.15) is 46.4 Å². The molecule has 1 aromatic carbocycles. The van der Waals surface area contributed by atoms with Crippen LogP contribution in [0.2, 0.25) is 0 Å². The Balaban J connectivity index is 1.59. The van der Waals surface area contributed by atoms with E-state index in [0.29, 0.717) is 12.1 Å². The summed E-state index contributed by atoms with van der Waals surface area (Å²) in [7, 11) is 0. The van der Waals surface area contributed by atoms with Gasteiger partial charge >= 0.3 is 0 Å². The number of pyridine rings is 1. The summed E-state index contributed by atoms with van der Waals surface area (Å²) in [5, 5.41) is 5.81. The van der Waals surface area contributed by atoms with Crippen molar-refractivity contribution in [2.75, 3.05) is 18.5 Å². The highest BCUT2D eigenvalue weighted by atomic mass is 16.5. The molecule has 1 aliphatic heterocycles. The Morgan fingerprint density at radius 3 is 2.79 bits per heavy atom. The smallest absolute Gasteiger partial charge is 0.287 e. The summed E-state index contributed by atoms with van der Waals surface area (Å²) < 4.78 is 7.20. The lowest BCUT2D eigenvalue weighted by atomic mass is 10.1. The summed E-state index contributed by atoms with van der Waals surface area (Å²) in [5.74, 6) is -0.477. The molecule has 1 saturated heterocycles. The monoisotopic (exact) mass is 392 g/mol. The van der Waals surface area contributed by atoms with E-state index < -0.39 is 0 Å². The third-order valence-electron chi connectivity index (χ3n) is 5.13. The van der Waals surface area contributed by atoms with Crippen LogP contribution in [0.4, 0.5) is 5.69 Å². The number of hydrogen-bond acceptors (Lipinski definition) is 4. The van der Waals surface area contributed by atoms with E-state index in [2.05, 4.69) is 15.6 Å². The van der Waals surface area contributed by atoms with Gasteiger partial charge in [0.25, 0.3) is 11.8 Å². The fraction of sp³-hybridized carbons (Fsp3) is 0.318. The lowest BCUT2D eigenvalue weighted by Crippen LogP contribution is -2.33. The van der Waals surface area contributed by atoms with Crippen LogP contribution in [0.25, 0.3) is 5.52 Å². The van der Waals surface area contributed by atoms with E-state index >= 15 is 0 Å². The van der Waals surface area contributed by atoms with Crippen molar-refractivity contribution in [3.63, 3.8) is 0 Å². The minimum absolute atomic E-state index is 0.0403. The molecule has 150 valence electrons. The van der Waals surface area contributed by atoms with Gasteiger partial charge in [-0.3, -0.25) is 14.0 Å². The molecule has 2 N–H and O–H groups in total. The first-order valence-electron chi connectivity index (χ1n) is 9.93. The van der Waals surface area contributed by atoms with Crippen LogP contribution in [0, 0.1) is 0 Å². The second-order valence-corrected chi connectivity index (χ2v) is 7.05. The molecule has 1 atom stereocenters. The third kappa shape index (κ3) is 4.00. The summed E-state index contributed by atoms with van der Waals surface area (Å²) in [6.45, 7) is 3.20. The number of ether oxygens (including phenoxy) is 1. The SMILES string of the molecule is CCc1ccccc1NC(=O)c1nc(C(=O)NCC2CCCO2)n2ccccc12. The lowest BCUT2D eigenvalue weighted by Gasteiger charge is -2.10. The van der Waals surface area contributed by atoms with Gasteiger partial charge in [-0.05, 0) is 43.0 Å². The van der Waals surface area contributed by atoms with Crippen molar-refractivity contribution in [1.82, 2.24) is 14.7 Å². The summed E-state index contributed by atoms with van der Waals surface area (Å²) >= 11 is 0. The average molecular weight is 392 g/mol. The molecule has 2 aromatic heterocycles. The number of aryl methyl sites for hydroxylation is 1. The van der Waals surface area contributed by atoms with Crippen molar-refractivity contribution in [3.8, 4) is 0 Å². The number of anilines is 1. The van der Waals surface area contributed by atoms with Gasteiger partial charge in [0.2, 0.25) is 5.82 Å².